The van der Waals surface area contributed by atoms with Gasteiger partial charge in [0.2, 0.25) is 5.91 Å². The molecule has 0 unspecified atom stereocenters. The Bertz CT molecular complexity index is 1140. The summed E-state index contributed by atoms with van der Waals surface area (Å²) in [6.07, 6.45) is 0.970. The Morgan fingerprint density at radius 1 is 1.00 bits per heavy atom. The lowest BCUT2D eigenvalue weighted by Gasteiger charge is -2.36. The highest BCUT2D eigenvalue weighted by Crippen LogP contribution is 2.21. The SMILES string of the molecule is O=C(CCCn1nc(-c2ccc(Br)cc2)ccc1=O)N1CCN(c2cccc(Cl)c2)CC1. The summed E-state index contributed by atoms with van der Waals surface area (Å²) >= 11 is 9.51. The molecule has 0 radical (unpaired) electrons. The number of amides is 1. The number of hydrogen-bond donors (Lipinski definition) is 0. The first-order valence-corrected chi connectivity index (χ1v) is 11.8. The van der Waals surface area contributed by atoms with Crippen molar-refractivity contribution >= 4 is 39.1 Å². The second kappa shape index (κ2) is 10.3. The van der Waals surface area contributed by atoms with E-state index in [1.165, 1.54) is 10.7 Å². The summed E-state index contributed by atoms with van der Waals surface area (Å²) in [6, 6.07) is 18.8. The topological polar surface area (TPSA) is 58.4 Å². The van der Waals surface area contributed by atoms with Crippen molar-refractivity contribution in [2.45, 2.75) is 19.4 Å². The summed E-state index contributed by atoms with van der Waals surface area (Å²) in [6.45, 7) is 3.34. The molecule has 1 saturated heterocycles. The van der Waals surface area contributed by atoms with Gasteiger partial charge in [0.05, 0.1) is 5.69 Å². The molecule has 1 fully saturated rings. The van der Waals surface area contributed by atoms with Crippen LogP contribution in [0.2, 0.25) is 5.02 Å². The van der Waals surface area contributed by atoms with Gasteiger partial charge in [-0.05, 0) is 42.8 Å². The second-order valence-electron chi connectivity index (χ2n) is 7.74. The largest absolute Gasteiger partial charge is 0.368 e. The van der Waals surface area contributed by atoms with Gasteiger partial charge in [0.1, 0.15) is 0 Å². The maximum absolute atomic E-state index is 12.7. The molecular formula is C24H24BrClN4O2. The number of nitrogens with zero attached hydrogens (tertiary/aromatic N) is 4. The molecule has 4 rings (SSSR count). The maximum atomic E-state index is 12.7. The van der Waals surface area contributed by atoms with Gasteiger partial charge in [-0.25, -0.2) is 4.68 Å². The number of hydrogen-bond acceptors (Lipinski definition) is 4. The fourth-order valence-corrected chi connectivity index (χ4v) is 4.26. The van der Waals surface area contributed by atoms with Gasteiger partial charge in [0.15, 0.2) is 0 Å². The predicted octanol–water partition coefficient (Wildman–Crippen LogP) is 4.46. The molecule has 0 saturated carbocycles. The van der Waals surface area contributed by atoms with Crippen molar-refractivity contribution in [3.8, 4) is 11.3 Å². The third kappa shape index (κ3) is 5.58. The zero-order valence-corrected chi connectivity index (χ0v) is 19.9. The smallest absolute Gasteiger partial charge is 0.266 e. The van der Waals surface area contributed by atoms with Crippen molar-refractivity contribution in [1.29, 1.82) is 0 Å². The van der Waals surface area contributed by atoms with E-state index in [-0.39, 0.29) is 11.5 Å². The first kappa shape index (κ1) is 22.6. The molecule has 0 atom stereocenters. The molecule has 3 aromatic rings. The Kier molecular flexibility index (Phi) is 7.27. The molecule has 1 aliphatic heterocycles. The zero-order chi connectivity index (χ0) is 22.5. The first-order chi connectivity index (χ1) is 15.5. The normalized spacial score (nSPS) is 13.9. The average molecular weight is 516 g/mol. The van der Waals surface area contributed by atoms with Gasteiger partial charge in [-0.1, -0.05) is 45.7 Å². The Labute approximate surface area is 200 Å². The van der Waals surface area contributed by atoms with Crippen LogP contribution in [-0.4, -0.2) is 46.8 Å². The minimum Gasteiger partial charge on any atom is -0.368 e. The summed E-state index contributed by atoms with van der Waals surface area (Å²) < 4.78 is 2.43. The number of aryl methyl sites for hydroxylation is 1. The van der Waals surface area contributed by atoms with Crippen LogP contribution >= 0.6 is 27.5 Å². The highest BCUT2D eigenvalue weighted by Gasteiger charge is 2.21. The number of carbonyl (C=O) groups excluding carboxylic acids is 1. The molecule has 6 nitrogen and oxygen atoms in total. The lowest BCUT2D eigenvalue weighted by atomic mass is 10.1. The van der Waals surface area contributed by atoms with Crippen LogP contribution in [-0.2, 0) is 11.3 Å². The molecular weight excluding hydrogens is 492 g/mol. The molecule has 2 aromatic carbocycles. The molecule has 32 heavy (non-hydrogen) atoms. The maximum Gasteiger partial charge on any atom is 0.266 e. The molecule has 0 aliphatic carbocycles. The summed E-state index contributed by atoms with van der Waals surface area (Å²) in [7, 11) is 0. The fraction of sp³-hybridized carbons (Fsp3) is 0.292. The van der Waals surface area contributed by atoms with Gasteiger partial charge in [-0.2, -0.15) is 5.10 Å². The molecule has 8 heteroatoms. The third-order valence-electron chi connectivity index (χ3n) is 5.57. The number of piperazine rings is 1. The number of rotatable bonds is 6. The van der Waals surface area contributed by atoms with Crippen LogP contribution < -0.4 is 10.5 Å². The van der Waals surface area contributed by atoms with Crippen molar-refractivity contribution in [3.63, 3.8) is 0 Å². The Balaban J connectivity index is 1.29. The van der Waals surface area contributed by atoms with Crippen LogP contribution in [0, 0.1) is 0 Å². The van der Waals surface area contributed by atoms with Gasteiger partial charge >= 0.3 is 0 Å². The number of aromatic nitrogens is 2. The van der Waals surface area contributed by atoms with E-state index >= 15 is 0 Å². The monoisotopic (exact) mass is 514 g/mol. The summed E-state index contributed by atoms with van der Waals surface area (Å²) in [5.74, 6) is 0.118. The molecule has 0 bridgehead atoms. The lowest BCUT2D eigenvalue weighted by molar-refractivity contribution is -0.131. The van der Waals surface area contributed by atoms with Crippen molar-refractivity contribution in [1.82, 2.24) is 14.7 Å². The van der Waals surface area contributed by atoms with E-state index in [1.807, 2.05) is 53.4 Å². The summed E-state index contributed by atoms with van der Waals surface area (Å²) in [5.41, 5.74) is 2.60. The zero-order valence-electron chi connectivity index (χ0n) is 17.6. The number of halogens is 2. The van der Waals surface area contributed by atoms with E-state index in [4.69, 9.17) is 11.6 Å². The quantitative estimate of drug-likeness (QED) is 0.487. The van der Waals surface area contributed by atoms with Gasteiger partial charge in [-0.15, -0.1) is 0 Å². The van der Waals surface area contributed by atoms with Gasteiger partial charge in [0, 0.05) is 66.0 Å². The summed E-state index contributed by atoms with van der Waals surface area (Å²) in [5, 5.41) is 5.20. The Morgan fingerprint density at radius 2 is 1.75 bits per heavy atom. The van der Waals surface area contributed by atoms with Gasteiger partial charge in [0.25, 0.3) is 5.56 Å². The van der Waals surface area contributed by atoms with E-state index in [0.717, 1.165) is 34.5 Å². The molecule has 2 heterocycles. The van der Waals surface area contributed by atoms with E-state index in [1.54, 1.807) is 6.07 Å². The van der Waals surface area contributed by atoms with Crippen LogP contribution in [0.25, 0.3) is 11.3 Å². The minimum absolute atomic E-state index is 0.118. The average Bonchev–Trinajstić information content (AvgIpc) is 2.81. The predicted molar refractivity (Wildman–Crippen MR) is 131 cm³/mol. The number of anilines is 1. The van der Waals surface area contributed by atoms with Crippen molar-refractivity contribution in [2.24, 2.45) is 0 Å². The lowest BCUT2D eigenvalue weighted by Crippen LogP contribution is -2.48. The molecule has 0 N–H and O–H groups in total. The van der Waals surface area contributed by atoms with Crippen molar-refractivity contribution in [2.75, 3.05) is 31.1 Å². The van der Waals surface area contributed by atoms with Crippen molar-refractivity contribution < 1.29 is 4.79 Å². The fourth-order valence-electron chi connectivity index (χ4n) is 3.81. The molecule has 166 valence electrons. The van der Waals surface area contributed by atoms with E-state index in [0.29, 0.717) is 37.5 Å². The molecule has 0 spiro atoms. The van der Waals surface area contributed by atoms with Gasteiger partial charge < -0.3 is 9.80 Å². The standard InChI is InChI=1S/C24H24BrClN4O2/c25-19-8-6-18(7-9-19)22-10-11-24(32)30(27-22)12-2-5-23(31)29-15-13-28(14-16-29)21-4-1-3-20(26)17-21/h1,3-4,6-11,17H,2,5,12-16H2. The Morgan fingerprint density at radius 3 is 2.47 bits per heavy atom. The van der Waals surface area contributed by atoms with Crippen molar-refractivity contribution in [3.05, 3.63) is 80.5 Å². The van der Waals surface area contributed by atoms with E-state index < -0.39 is 0 Å². The number of benzene rings is 2. The van der Waals surface area contributed by atoms with Crippen LogP contribution in [0.15, 0.2) is 69.9 Å². The van der Waals surface area contributed by atoms with E-state index in [2.05, 4.69) is 25.9 Å². The van der Waals surface area contributed by atoms with Crippen LogP contribution in [0.3, 0.4) is 0 Å². The highest BCUT2D eigenvalue weighted by molar-refractivity contribution is 9.10. The van der Waals surface area contributed by atoms with Crippen LogP contribution in [0.5, 0.6) is 0 Å². The third-order valence-corrected chi connectivity index (χ3v) is 6.34. The Hall–Kier alpha value is -2.64. The van der Waals surface area contributed by atoms with E-state index in [9.17, 15) is 9.59 Å². The first-order valence-electron chi connectivity index (χ1n) is 10.6. The van der Waals surface area contributed by atoms with Gasteiger partial charge in [-0.3, -0.25) is 9.59 Å². The van der Waals surface area contributed by atoms with Crippen LogP contribution in [0.4, 0.5) is 5.69 Å². The minimum atomic E-state index is -0.159. The summed E-state index contributed by atoms with van der Waals surface area (Å²) in [4.78, 5) is 29.0. The molecule has 1 aliphatic rings. The number of carbonyl (C=O) groups is 1. The highest BCUT2D eigenvalue weighted by atomic mass is 79.9. The molecule has 1 aromatic heterocycles. The second-order valence-corrected chi connectivity index (χ2v) is 9.09. The molecule has 1 amide bonds. The van der Waals surface area contributed by atoms with Crippen LogP contribution in [0.1, 0.15) is 12.8 Å².